The highest BCUT2D eigenvalue weighted by molar-refractivity contribution is 6.96. The molecule has 0 saturated carbocycles. The molecule has 2 unspecified atom stereocenters. The van der Waals surface area contributed by atoms with Gasteiger partial charge in [0.25, 0.3) is 0 Å². The number of piperidine rings is 1. The zero-order valence-electron chi connectivity index (χ0n) is 15.2. The minimum atomic E-state index is -1.44. The van der Waals surface area contributed by atoms with Crippen LogP contribution >= 0.6 is 0 Å². The molecule has 0 N–H and O–H groups in total. The van der Waals surface area contributed by atoms with Gasteiger partial charge in [-0.1, -0.05) is 76.6 Å². The standard InChI is InChI=1S/C18H31NOSi2/c1-14-13-19(18(21(2,3)4)22(5,6)7)17(20)16-12-10-8-9-11-15(14)16/h8-12,14,16,18H,13H2,1-7H3. The van der Waals surface area contributed by atoms with Gasteiger partial charge in [0.05, 0.1) is 22.1 Å². The van der Waals surface area contributed by atoms with Gasteiger partial charge in [-0.25, -0.2) is 0 Å². The first-order chi connectivity index (χ1) is 10.0. The van der Waals surface area contributed by atoms with Gasteiger partial charge in [-0.3, -0.25) is 4.79 Å². The molecule has 2 nitrogen and oxygen atoms in total. The molecule has 22 heavy (non-hydrogen) atoms. The summed E-state index contributed by atoms with van der Waals surface area (Å²) in [5.41, 5.74) is 1.29. The SMILES string of the molecule is CC1CN(C([Si](C)(C)C)[Si](C)(C)C)C(=O)C2C=CC=CC=C12. The van der Waals surface area contributed by atoms with E-state index in [4.69, 9.17) is 0 Å². The molecule has 1 heterocycles. The van der Waals surface area contributed by atoms with Crippen LogP contribution in [0.3, 0.4) is 0 Å². The van der Waals surface area contributed by atoms with Crippen molar-refractivity contribution in [1.29, 1.82) is 0 Å². The largest absolute Gasteiger partial charge is 0.344 e. The van der Waals surface area contributed by atoms with Gasteiger partial charge in [-0.05, 0) is 11.5 Å². The van der Waals surface area contributed by atoms with Gasteiger partial charge in [-0.15, -0.1) is 0 Å². The fourth-order valence-corrected chi connectivity index (χ4v) is 17.2. The van der Waals surface area contributed by atoms with Gasteiger partial charge in [0, 0.05) is 11.8 Å². The summed E-state index contributed by atoms with van der Waals surface area (Å²) in [6.07, 6.45) is 10.4. The summed E-state index contributed by atoms with van der Waals surface area (Å²) in [5, 5.41) is 0.501. The van der Waals surface area contributed by atoms with Crippen LogP contribution in [0.4, 0.5) is 0 Å². The van der Waals surface area contributed by atoms with Crippen molar-refractivity contribution >= 4 is 22.1 Å². The van der Waals surface area contributed by atoms with Crippen LogP contribution in [0.1, 0.15) is 6.92 Å². The Hall–Kier alpha value is -0.876. The number of carbonyl (C=O) groups excluding carboxylic acids is 1. The molecule has 1 fully saturated rings. The first kappa shape index (κ1) is 17.5. The number of rotatable bonds is 3. The molecule has 0 radical (unpaired) electrons. The second kappa shape index (κ2) is 5.97. The van der Waals surface area contributed by atoms with E-state index in [-0.39, 0.29) is 5.92 Å². The Morgan fingerprint density at radius 1 is 1.05 bits per heavy atom. The van der Waals surface area contributed by atoms with Crippen molar-refractivity contribution < 1.29 is 4.79 Å². The van der Waals surface area contributed by atoms with Gasteiger partial charge in [0.1, 0.15) is 0 Å². The maximum absolute atomic E-state index is 13.2. The summed E-state index contributed by atoms with van der Waals surface area (Å²) >= 11 is 0. The lowest BCUT2D eigenvalue weighted by Crippen LogP contribution is -2.67. The molecular formula is C18H31NOSi2. The van der Waals surface area contributed by atoms with Crippen LogP contribution in [0.15, 0.2) is 36.0 Å². The Morgan fingerprint density at radius 2 is 1.64 bits per heavy atom. The third-order valence-electron chi connectivity index (χ3n) is 4.71. The van der Waals surface area contributed by atoms with E-state index in [1.807, 2.05) is 12.2 Å². The molecule has 0 bridgehead atoms. The molecule has 0 aromatic heterocycles. The highest BCUT2D eigenvalue weighted by atomic mass is 28.4. The number of allylic oxidation sites excluding steroid dienone is 4. The number of amides is 1. The average Bonchev–Trinajstić information content (AvgIpc) is 2.58. The Labute approximate surface area is 138 Å². The maximum Gasteiger partial charge on any atom is 0.233 e. The number of hydrogen-bond acceptors (Lipinski definition) is 1. The summed E-state index contributed by atoms with van der Waals surface area (Å²) in [7, 11) is -2.88. The lowest BCUT2D eigenvalue weighted by Gasteiger charge is -2.50. The first-order valence-electron chi connectivity index (χ1n) is 8.39. The lowest BCUT2D eigenvalue weighted by atomic mass is 9.84. The number of carbonyl (C=O) groups is 1. The summed E-state index contributed by atoms with van der Waals surface area (Å²) in [5.74, 6) is 0.735. The van der Waals surface area contributed by atoms with Gasteiger partial charge >= 0.3 is 0 Å². The summed E-state index contributed by atoms with van der Waals surface area (Å²) in [4.78, 5) is 15.5. The van der Waals surface area contributed by atoms with Gasteiger partial charge in [0.15, 0.2) is 0 Å². The Bertz CT molecular complexity index is 520. The summed E-state index contributed by atoms with van der Waals surface area (Å²) < 4.78 is 0. The van der Waals surface area contributed by atoms with Gasteiger partial charge in [0.2, 0.25) is 5.91 Å². The molecule has 1 saturated heterocycles. The third-order valence-corrected chi connectivity index (χ3v) is 13.8. The average molecular weight is 334 g/mol. The minimum absolute atomic E-state index is 0.0473. The number of likely N-dealkylation sites (tertiary alicyclic amines) is 1. The second-order valence-electron chi connectivity index (χ2n) is 8.94. The Kier molecular flexibility index (Phi) is 4.74. The molecule has 0 spiro atoms. The van der Waals surface area contributed by atoms with Crippen molar-refractivity contribution in [3.8, 4) is 0 Å². The fraction of sp³-hybridized carbons (Fsp3) is 0.611. The predicted molar refractivity (Wildman–Crippen MR) is 101 cm³/mol. The van der Waals surface area contributed by atoms with Gasteiger partial charge in [-0.2, -0.15) is 0 Å². The summed E-state index contributed by atoms with van der Waals surface area (Å²) in [6.45, 7) is 17.7. The van der Waals surface area contributed by atoms with Crippen LogP contribution in [0.25, 0.3) is 0 Å². The highest BCUT2D eigenvalue weighted by Crippen LogP contribution is 2.36. The zero-order chi connectivity index (χ0) is 16.7. The molecule has 2 rings (SSSR count). The second-order valence-corrected chi connectivity index (χ2v) is 20.1. The van der Waals surface area contributed by atoms with Crippen LogP contribution in [0.2, 0.25) is 39.3 Å². The topological polar surface area (TPSA) is 20.3 Å². The van der Waals surface area contributed by atoms with Gasteiger partial charge < -0.3 is 4.90 Å². The molecule has 122 valence electrons. The minimum Gasteiger partial charge on any atom is -0.344 e. The molecule has 1 amide bonds. The van der Waals surface area contributed by atoms with Crippen molar-refractivity contribution in [3.63, 3.8) is 0 Å². The Morgan fingerprint density at radius 3 is 2.18 bits per heavy atom. The van der Waals surface area contributed by atoms with E-state index < -0.39 is 16.1 Å². The molecule has 1 aliphatic carbocycles. The van der Waals surface area contributed by atoms with Crippen LogP contribution in [0.5, 0.6) is 0 Å². The number of hydrogen-bond donors (Lipinski definition) is 0. The maximum atomic E-state index is 13.2. The molecule has 2 aliphatic rings. The summed E-state index contributed by atoms with van der Waals surface area (Å²) in [6, 6.07) is 0. The van der Waals surface area contributed by atoms with E-state index in [0.29, 0.717) is 17.1 Å². The van der Waals surface area contributed by atoms with Crippen LogP contribution in [-0.2, 0) is 4.79 Å². The van der Waals surface area contributed by atoms with E-state index >= 15 is 0 Å². The van der Waals surface area contributed by atoms with Crippen molar-refractivity contribution in [3.05, 3.63) is 36.0 Å². The van der Waals surface area contributed by atoms with Crippen LogP contribution in [0, 0.1) is 11.8 Å². The molecule has 0 aromatic carbocycles. The number of fused-ring (bicyclic) bond motifs is 1. The van der Waals surface area contributed by atoms with E-state index in [9.17, 15) is 4.79 Å². The van der Waals surface area contributed by atoms with Crippen molar-refractivity contribution in [2.24, 2.45) is 11.8 Å². The number of nitrogens with zero attached hydrogens (tertiary/aromatic N) is 1. The van der Waals surface area contributed by atoms with Crippen molar-refractivity contribution in [1.82, 2.24) is 4.90 Å². The lowest BCUT2D eigenvalue weighted by molar-refractivity contribution is -0.135. The van der Waals surface area contributed by atoms with E-state index in [2.05, 4.69) is 69.3 Å². The normalized spacial score (nSPS) is 26.1. The fourth-order valence-electron chi connectivity index (χ4n) is 4.45. The molecule has 2 atom stereocenters. The van der Waals surface area contributed by atoms with Crippen LogP contribution < -0.4 is 0 Å². The van der Waals surface area contributed by atoms with E-state index in [0.717, 1.165) is 6.54 Å². The predicted octanol–water partition coefficient (Wildman–Crippen LogP) is 4.26. The Balaban J connectivity index is 2.42. The van der Waals surface area contributed by atoms with Crippen molar-refractivity contribution in [2.45, 2.75) is 51.5 Å². The van der Waals surface area contributed by atoms with E-state index in [1.165, 1.54) is 5.57 Å². The van der Waals surface area contributed by atoms with E-state index in [1.54, 1.807) is 0 Å². The smallest absolute Gasteiger partial charge is 0.233 e. The van der Waals surface area contributed by atoms with Crippen LogP contribution in [-0.4, -0.2) is 38.8 Å². The quantitative estimate of drug-likeness (QED) is 0.707. The first-order valence-corrected chi connectivity index (χ1v) is 15.5. The zero-order valence-corrected chi connectivity index (χ0v) is 17.2. The monoisotopic (exact) mass is 333 g/mol. The van der Waals surface area contributed by atoms with Crippen molar-refractivity contribution in [2.75, 3.05) is 6.54 Å². The highest BCUT2D eigenvalue weighted by Gasteiger charge is 2.47. The third kappa shape index (κ3) is 3.38. The molecule has 1 aliphatic heterocycles. The molecule has 0 aromatic rings. The molecular weight excluding hydrogens is 302 g/mol. The molecule has 4 heteroatoms.